The number of hydrogen-bond acceptors (Lipinski definition) is 4. The van der Waals surface area contributed by atoms with Gasteiger partial charge in [-0.15, -0.1) is 0 Å². The van der Waals surface area contributed by atoms with E-state index in [9.17, 15) is 9.18 Å². The number of nitrogens with one attached hydrogen (secondary N) is 1. The van der Waals surface area contributed by atoms with E-state index in [-0.39, 0.29) is 11.7 Å². The number of benzene rings is 2. The average Bonchev–Trinajstić information content (AvgIpc) is 2.97. The highest BCUT2D eigenvalue weighted by atomic mass is 19.1. The van der Waals surface area contributed by atoms with Gasteiger partial charge in [0.1, 0.15) is 23.7 Å². The van der Waals surface area contributed by atoms with Crippen molar-refractivity contribution in [1.82, 2.24) is 9.97 Å². The predicted molar refractivity (Wildman–Crippen MR) is 98.1 cm³/mol. The topological polar surface area (TPSA) is 58.1 Å². The zero-order valence-electron chi connectivity index (χ0n) is 14.2. The van der Waals surface area contributed by atoms with Gasteiger partial charge in [0.15, 0.2) is 0 Å². The summed E-state index contributed by atoms with van der Waals surface area (Å²) in [6, 6.07) is 15.8. The molecule has 1 unspecified atom stereocenters. The van der Waals surface area contributed by atoms with E-state index < -0.39 is 11.7 Å². The largest absolute Gasteiger partial charge is 0.323 e. The Morgan fingerprint density at radius 3 is 2.85 bits per heavy atom. The van der Waals surface area contributed by atoms with E-state index in [1.807, 2.05) is 18.2 Å². The van der Waals surface area contributed by atoms with Gasteiger partial charge in [-0.25, -0.2) is 14.4 Å². The molecular formula is C20H17FN4O. The van der Waals surface area contributed by atoms with E-state index >= 15 is 0 Å². The number of nitrogens with zero attached hydrogens (tertiary/aromatic N) is 3. The second-order valence-electron chi connectivity index (χ2n) is 6.28. The van der Waals surface area contributed by atoms with Gasteiger partial charge < -0.3 is 10.2 Å². The molecule has 3 aromatic rings. The highest BCUT2D eigenvalue weighted by molar-refractivity contribution is 6.03. The van der Waals surface area contributed by atoms with Gasteiger partial charge in [-0.05, 0) is 43.2 Å². The smallest absolute Gasteiger partial charge is 0.274 e. The Bertz CT molecular complexity index is 975. The van der Waals surface area contributed by atoms with Crippen LogP contribution in [-0.4, -0.2) is 21.9 Å². The van der Waals surface area contributed by atoms with E-state index in [0.29, 0.717) is 11.5 Å². The molecule has 0 saturated heterocycles. The van der Waals surface area contributed by atoms with E-state index in [2.05, 4.69) is 33.2 Å². The lowest BCUT2D eigenvalue weighted by Crippen LogP contribution is -2.25. The molecule has 0 fully saturated rings. The number of carbonyl (C=O) groups is 1. The molecule has 0 spiro atoms. The maximum atomic E-state index is 13.3. The standard InChI is InChI=1S/C20H17FN4O/c1-13-9-14-5-2-3-8-18(14)25(13)19-11-17(22-12-23-19)20(26)24-16-7-4-6-15(21)10-16/h2-8,10-13H,9H2,1H3,(H,24,26). The Hall–Kier alpha value is -3.28. The van der Waals surface area contributed by atoms with Gasteiger partial charge in [0.25, 0.3) is 5.91 Å². The SMILES string of the molecule is CC1Cc2ccccc2N1c1cc(C(=O)Nc2cccc(F)c2)ncn1. The molecule has 0 saturated carbocycles. The van der Waals surface area contributed by atoms with Crippen molar-refractivity contribution in [3.8, 4) is 0 Å². The molecule has 130 valence electrons. The fourth-order valence-electron chi connectivity index (χ4n) is 3.28. The van der Waals surface area contributed by atoms with Crippen molar-refractivity contribution in [2.45, 2.75) is 19.4 Å². The van der Waals surface area contributed by atoms with Crippen LogP contribution in [0.15, 0.2) is 60.9 Å². The van der Waals surface area contributed by atoms with E-state index in [4.69, 9.17) is 0 Å². The Kier molecular flexibility index (Phi) is 4.08. The number of halogens is 1. The predicted octanol–water partition coefficient (Wildman–Crippen LogP) is 3.95. The highest BCUT2D eigenvalue weighted by Gasteiger charge is 2.28. The summed E-state index contributed by atoms with van der Waals surface area (Å²) in [5.74, 6) is -0.144. The number of amides is 1. The summed E-state index contributed by atoms with van der Waals surface area (Å²) in [6.45, 7) is 2.12. The quantitative estimate of drug-likeness (QED) is 0.779. The Morgan fingerprint density at radius 1 is 1.15 bits per heavy atom. The third kappa shape index (κ3) is 3.01. The minimum atomic E-state index is -0.409. The number of anilines is 3. The third-order valence-corrected chi connectivity index (χ3v) is 4.42. The number of hydrogen-bond donors (Lipinski definition) is 1. The van der Waals surface area contributed by atoms with Gasteiger partial charge in [-0.2, -0.15) is 0 Å². The Morgan fingerprint density at radius 2 is 2.00 bits per heavy atom. The lowest BCUT2D eigenvalue weighted by molar-refractivity contribution is 0.102. The molecule has 2 heterocycles. The molecule has 1 aromatic heterocycles. The summed E-state index contributed by atoms with van der Waals surface area (Å²) < 4.78 is 13.3. The molecule has 26 heavy (non-hydrogen) atoms. The Labute approximate surface area is 150 Å². The minimum Gasteiger partial charge on any atom is -0.323 e. The van der Waals surface area contributed by atoms with Crippen LogP contribution in [0.2, 0.25) is 0 Å². The van der Waals surface area contributed by atoms with Crippen LogP contribution in [0.4, 0.5) is 21.6 Å². The molecule has 1 amide bonds. The number of para-hydroxylation sites is 1. The first kappa shape index (κ1) is 16.2. The molecule has 1 N–H and O–H groups in total. The molecule has 0 aliphatic carbocycles. The van der Waals surface area contributed by atoms with Gasteiger partial charge in [0.2, 0.25) is 0 Å². The molecule has 0 bridgehead atoms. The van der Waals surface area contributed by atoms with Crippen LogP contribution in [0, 0.1) is 5.82 Å². The van der Waals surface area contributed by atoms with Crippen molar-refractivity contribution in [3.05, 3.63) is 78.0 Å². The van der Waals surface area contributed by atoms with Gasteiger partial charge in [0, 0.05) is 23.5 Å². The second kappa shape index (κ2) is 6.55. The van der Waals surface area contributed by atoms with Gasteiger partial charge in [0.05, 0.1) is 0 Å². The third-order valence-electron chi connectivity index (χ3n) is 4.42. The van der Waals surface area contributed by atoms with Crippen LogP contribution in [0.3, 0.4) is 0 Å². The van der Waals surface area contributed by atoms with Crippen LogP contribution in [0.25, 0.3) is 0 Å². The van der Waals surface area contributed by atoms with E-state index in [1.54, 1.807) is 18.2 Å². The summed E-state index contributed by atoms with van der Waals surface area (Å²) in [6.07, 6.45) is 2.30. The number of aromatic nitrogens is 2. The van der Waals surface area contributed by atoms with Crippen molar-refractivity contribution in [2.24, 2.45) is 0 Å². The molecule has 6 heteroatoms. The van der Waals surface area contributed by atoms with Crippen molar-refractivity contribution < 1.29 is 9.18 Å². The van der Waals surface area contributed by atoms with Crippen molar-refractivity contribution in [3.63, 3.8) is 0 Å². The maximum absolute atomic E-state index is 13.3. The normalized spacial score (nSPS) is 15.6. The minimum absolute atomic E-state index is 0.232. The van der Waals surface area contributed by atoms with Crippen LogP contribution in [0.1, 0.15) is 23.0 Å². The monoisotopic (exact) mass is 348 g/mol. The molecule has 5 nitrogen and oxygen atoms in total. The van der Waals surface area contributed by atoms with Crippen LogP contribution >= 0.6 is 0 Å². The molecule has 1 aliphatic rings. The number of carbonyl (C=O) groups excluding carboxylic acids is 1. The van der Waals surface area contributed by atoms with Crippen LogP contribution < -0.4 is 10.2 Å². The van der Waals surface area contributed by atoms with Crippen LogP contribution in [-0.2, 0) is 6.42 Å². The van der Waals surface area contributed by atoms with Crippen molar-refractivity contribution >= 4 is 23.1 Å². The van der Waals surface area contributed by atoms with Crippen LogP contribution in [0.5, 0.6) is 0 Å². The molecule has 1 atom stereocenters. The fraction of sp³-hybridized carbons (Fsp3) is 0.150. The first-order valence-corrected chi connectivity index (χ1v) is 8.38. The first-order chi connectivity index (χ1) is 12.6. The lowest BCUT2D eigenvalue weighted by atomic mass is 10.1. The van der Waals surface area contributed by atoms with Gasteiger partial charge >= 0.3 is 0 Å². The van der Waals surface area contributed by atoms with Gasteiger partial charge in [-0.3, -0.25) is 4.79 Å². The van der Waals surface area contributed by atoms with E-state index in [0.717, 1.165) is 12.1 Å². The Balaban J connectivity index is 1.62. The van der Waals surface area contributed by atoms with Crippen molar-refractivity contribution in [1.29, 1.82) is 0 Å². The summed E-state index contributed by atoms with van der Waals surface area (Å²) in [4.78, 5) is 23.0. The molecule has 2 aromatic carbocycles. The molecule has 1 aliphatic heterocycles. The second-order valence-corrected chi connectivity index (χ2v) is 6.28. The summed E-state index contributed by atoms with van der Waals surface area (Å²) in [7, 11) is 0. The molecular weight excluding hydrogens is 331 g/mol. The lowest BCUT2D eigenvalue weighted by Gasteiger charge is -2.23. The van der Waals surface area contributed by atoms with Gasteiger partial charge in [-0.1, -0.05) is 24.3 Å². The summed E-state index contributed by atoms with van der Waals surface area (Å²) in [5, 5.41) is 2.66. The van der Waals surface area contributed by atoms with E-state index in [1.165, 1.54) is 24.0 Å². The zero-order chi connectivity index (χ0) is 18.1. The number of rotatable bonds is 3. The zero-order valence-corrected chi connectivity index (χ0v) is 14.2. The molecule has 4 rings (SSSR count). The average molecular weight is 348 g/mol. The maximum Gasteiger partial charge on any atom is 0.274 e. The summed E-state index contributed by atoms with van der Waals surface area (Å²) >= 11 is 0. The van der Waals surface area contributed by atoms with Crippen molar-refractivity contribution in [2.75, 3.05) is 10.2 Å². The number of fused-ring (bicyclic) bond motifs is 1. The first-order valence-electron chi connectivity index (χ1n) is 8.38. The highest BCUT2D eigenvalue weighted by Crippen LogP contribution is 2.37. The summed E-state index contributed by atoms with van der Waals surface area (Å²) in [5.41, 5.74) is 2.96. The fourth-order valence-corrected chi connectivity index (χ4v) is 3.28. The molecule has 0 radical (unpaired) electrons.